The number of amides is 1. The van der Waals surface area contributed by atoms with Gasteiger partial charge in [-0.2, -0.15) is 0 Å². The minimum absolute atomic E-state index is 0.000139. The molecule has 0 aromatic carbocycles. The summed E-state index contributed by atoms with van der Waals surface area (Å²) in [4.78, 5) is 13.9. The van der Waals surface area contributed by atoms with Crippen molar-refractivity contribution in [3.8, 4) is 0 Å². The van der Waals surface area contributed by atoms with E-state index in [2.05, 4.69) is 15.9 Å². The van der Waals surface area contributed by atoms with E-state index >= 15 is 0 Å². The van der Waals surface area contributed by atoms with Gasteiger partial charge >= 0.3 is 6.09 Å². The summed E-state index contributed by atoms with van der Waals surface area (Å²) in [6.45, 7) is 11.3. The van der Waals surface area contributed by atoms with Gasteiger partial charge in [0.2, 0.25) is 0 Å². The molecule has 1 amide bonds. The number of nitrogens with zero attached hydrogens (tertiary/aromatic N) is 1. The van der Waals surface area contributed by atoms with Gasteiger partial charge in [-0.15, -0.1) is 0 Å². The zero-order chi connectivity index (χ0) is 13.4. The lowest BCUT2D eigenvalue weighted by Gasteiger charge is -2.34. The van der Waals surface area contributed by atoms with Crippen LogP contribution in [0, 0.1) is 0 Å². The van der Waals surface area contributed by atoms with Gasteiger partial charge in [0.25, 0.3) is 0 Å². The fourth-order valence-corrected chi connectivity index (χ4v) is 2.88. The van der Waals surface area contributed by atoms with E-state index in [1.165, 1.54) is 0 Å². The highest BCUT2D eigenvalue weighted by Gasteiger charge is 2.48. The van der Waals surface area contributed by atoms with Gasteiger partial charge < -0.3 is 9.47 Å². The van der Waals surface area contributed by atoms with Gasteiger partial charge in [0.1, 0.15) is 11.3 Å². The number of hydrogen-bond donors (Lipinski definition) is 0. The van der Waals surface area contributed by atoms with Crippen molar-refractivity contribution in [1.82, 2.24) is 4.90 Å². The molecule has 17 heavy (non-hydrogen) atoms. The number of hydrogen-bond acceptors (Lipinski definition) is 3. The molecule has 2 atom stereocenters. The summed E-state index contributed by atoms with van der Waals surface area (Å²) in [5.41, 5.74) is -1.12. The number of ether oxygens (including phenoxy) is 2. The number of carbonyl (C=O) groups is 1. The van der Waals surface area contributed by atoms with Gasteiger partial charge in [-0.3, -0.25) is 4.90 Å². The Morgan fingerprint density at radius 3 is 2.41 bits per heavy atom. The Morgan fingerprint density at radius 1 is 1.47 bits per heavy atom. The van der Waals surface area contributed by atoms with Crippen LogP contribution in [0.2, 0.25) is 0 Å². The van der Waals surface area contributed by atoms with Crippen molar-refractivity contribution in [2.75, 3.05) is 5.33 Å². The molecule has 5 heteroatoms. The Bertz CT molecular complexity index is 299. The van der Waals surface area contributed by atoms with E-state index in [0.29, 0.717) is 5.33 Å². The molecule has 0 aliphatic carbocycles. The second kappa shape index (κ2) is 4.76. The minimum atomic E-state index is -0.625. The lowest BCUT2D eigenvalue weighted by atomic mass is 10.2. The highest BCUT2D eigenvalue weighted by Crippen LogP contribution is 2.34. The Labute approximate surface area is 112 Å². The summed E-state index contributed by atoms with van der Waals surface area (Å²) in [7, 11) is 0. The Hall–Kier alpha value is -0.290. The first-order valence-corrected chi connectivity index (χ1v) is 6.97. The molecular formula is C12H22BrNO3. The zero-order valence-corrected chi connectivity index (χ0v) is 13.0. The summed E-state index contributed by atoms with van der Waals surface area (Å²) >= 11 is 3.43. The first kappa shape index (κ1) is 14.8. The number of alkyl halides is 1. The van der Waals surface area contributed by atoms with Crippen LogP contribution in [0.4, 0.5) is 4.79 Å². The number of halogens is 1. The van der Waals surface area contributed by atoms with Crippen LogP contribution in [0.25, 0.3) is 0 Å². The van der Waals surface area contributed by atoms with Crippen LogP contribution < -0.4 is 0 Å². The first-order valence-electron chi connectivity index (χ1n) is 5.84. The molecule has 0 aromatic rings. The molecule has 1 fully saturated rings. The van der Waals surface area contributed by atoms with Crippen LogP contribution in [-0.4, -0.2) is 39.8 Å². The molecule has 4 nitrogen and oxygen atoms in total. The van der Waals surface area contributed by atoms with Crippen LogP contribution >= 0.6 is 15.9 Å². The van der Waals surface area contributed by atoms with Crippen molar-refractivity contribution >= 4 is 22.0 Å². The van der Waals surface area contributed by atoms with Crippen LogP contribution in [0.15, 0.2) is 0 Å². The highest BCUT2D eigenvalue weighted by molar-refractivity contribution is 9.09. The largest absolute Gasteiger partial charge is 0.444 e. The third kappa shape index (κ3) is 3.35. The molecule has 1 aliphatic heterocycles. The summed E-state index contributed by atoms with van der Waals surface area (Å²) in [5, 5.41) is 0.677. The average Bonchev–Trinajstić information content (AvgIpc) is 2.31. The predicted octanol–water partition coefficient (Wildman–Crippen LogP) is 3.14. The molecule has 0 aromatic heterocycles. The normalized spacial score (nSPS) is 28.3. The average molecular weight is 308 g/mol. The third-order valence-electron chi connectivity index (χ3n) is 2.68. The van der Waals surface area contributed by atoms with E-state index in [0.717, 1.165) is 0 Å². The predicted molar refractivity (Wildman–Crippen MR) is 70.3 cm³/mol. The van der Waals surface area contributed by atoms with Crippen molar-refractivity contribution < 1.29 is 14.3 Å². The van der Waals surface area contributed by atoms with Gasteiger partial charge in [0.15, 0.2) is 0 Å². The molecule has 0 N–H and O–H groups in total. The van der Waals surface area contributed by atoms with E-state index in [9.17, 15) is 4.79 Å². The molecule has 0 saturated carbocycles. The Balaban J connectivity index is 2.89. The minimum Gasteiger partial charge on any atom is -0.444 e. The second-order valence-electron chi connectivity index (χ2n) is 5.84. The van der Waals surface area contributed by atoms with Crippen LogP contribution in [0.3, 0.4) is 0 Å². The van der Waals surface area contributed by atoms with Gasteiger partial charge in [-0.1, -0.05) is 15.9 Å². The molecule has 1 saturated heterocycles. The summed E-state index contributed by atoms with van der Waals surface area (Å²) in [5.74, 6) is 0. The maximum atomic E-state index is 12.2. The zero-order valence-electron chi connectivity index (χ0n) is 11.4. The molecule has 100 valence electrons. The molecule has 0 spiro atoms. The number of carbonyl (C=O) groups excluding carboxylic acids is 1. The van der Waals surface area contributed by atoms with Gasteiger partial charge in [-0.25, -0.2) is 4.79 Å². The quantitative estimate of drug-likeness (QED) is 0.699. The second-order valence-corrected chi connectivity index (χ2v) is 6.49. The van der Waals surface area contributed by atoms with E-state index in [1.54, 1.807) is 4.90 Å². The third-order valence-corrected chi connectivity index (χ3v) is 3.34. The van der Waals surface area contributed by atoms with Crippen LogP contribution in [-0.2, 0) is 9.47 Å². The summed E-state index contributed by atoms with van der Waals surface area (Å²) < 4.78 is 11.2. The lowest BCUT2D eigenvalue weighted by molar-refractivity contribution is -0.0753. The van der Waals surface area contributed by atoms with E-state index in [1.807, 2.05) is 41.5 Å². The van der Waals surface area contributed by atoms with Crippen LogP contribution in [0.1, 0.15) is 41.5 Å². The molecule has 0 radical (unpaired) electrons. The summed E-state index contributed by atoms with van der Waals surface area (Å²) in [6.07, 6.45) is -0.326. The molecule has 0 bridgehead atoms. The SMILES string of the molecule is C[C@H]1OC(C)(C)N(C(=O)OC(C)(C)C)[C@H]1CBr. The molecule has 1 aliphatic rings. The van der Waals surface area contributed by atoms with Gasteiger partial charge in [0, 0.05) is 5.33 Å². The number of rotatable bonds is 1. The topological polar surface area (TPSA) is 38.8 Å². The van der Waals surface area contributed by atoms with Crippen molar-refractivity contribution in [2.24, 2.45) is 0 Å². The van der Waals surface area contributed by atoms with Crippen molar-refractivity contribution in [2.45, 2.75) is 65.0 Å². The van der Waals surface area contributed by atoms with E-state index < -0.39 is 11.3 Å². The first-order chi connectivity index (χ1) is 7.58. The molecule has 1 heterocycles. The molecule has 0 unspecified atom stereocenters. The molecular weight excluding hydrogens is 286 g/mol. The fourth-order valence-electron chi connectivity index (χ4n) is 2.06. The Kier molecular flexibility index (Phi) is 4.14. The van der Waals surface area contributed by atoms with Crippen molar-refractivity contribution in [3.05, 3.63) is 0 Å². The lowest BCUT2D eigenvalue weighted by Crippen LogP contribution is -2.50. The van der Waals surface area contributed by atoms with Crippen LogP contribution in [0.5, 0.6) is 0 Å². The van der Waals surface area contributed by atoms with Crippen molar-refractivity contribution in [3.63, 3.8) is 0 Å². The van der Waals surface area contributed by atoms with Gasteiger partial charge in [0.05, 0.1) is 12.1 Å². The highest BCUT2D eigenvalue weighted by atomic mass is 79.9. The van der Waals surface area contributed by atoms with E-state index in [-0.39, 0.29) is 18.2 Å². The maximum absolute atomic E-state index is 12.2. The standard InChI is InChI=1S/C12H22BrNO3/c1-8-9(7-13)14(12(5,6)16-8)10(15)17-11(2,3)4/h8-9H,7H2,1-6H3/t8-,9+/m1/s1. The van der Waals surface area contributed by atoms with Crippen molar-refractivity contribution in [1.29, 1.82) is 0 Å². The fraction of sp³-hybridized carbons (Fsp3) is 0.917. The Morgan fingerprint density at radius 2 is 2.00 bits per heavy atom. The maximum Gasteiger partial charge on any atom is 0.412 e. The van der Waals surface area contributed by atoms with Gasteiger partial charge in [-0.05, 0) is 41.5 Å². The molecule has 1 rings (SSSR count). The smallest absolute Gasteiger partial charge is 0.412 e. The monoisotopic (exact) mass is 307 g/mol. The summed E-state index contributed by atoms with van der Waals surface area (Å²) in [6, 6.07) is -0.000139. The van der Waals surface area contributed by atoms with E-state index in [4.69, 9.17) is 9.47 Å².